The minimum atomic E-state index is -0.531. The van der Waals surface area contributed by atoms with E-state index < -0.39 is 5.91 Å². The molecule has 1 amide bonds. The minimum absolute atomic E-state index is 0.289. The molecular formula is C14H22N4O2. The number of primary amides is 1. The standard InChI is InChI=1S/C14H22N4O2/c1-2-20-14-11(13(16)19)7-8-12(18-14)17-10-5-3-9(15)4-6-10/h7-10H,2-6,15H2,1H3,(H2,16,19)(H,17,18)/t9-,10-. The molecule has 6 heteroatoms. The van der Waals surface area contributed by atoms with Gasteiger partial charge in [0.15, 0.2) is 0 Å². The highest BCUT2D eigenvalue weighted by Gasteiger charge is 2.19. The molecule has 0 unspecified atom stereocenters. The highest BCUT2D eigenvalue weighted by atomic mass is 16.5. The average molecular weight is 278 g/mol. The number of rotatable bonds is 5. The molecule has 0 spiro atoms. The van der Waals surface area contributed by atoms with Crippen LogP contribution in [0.4, 0.5) is 5.82 Å². The number of pyridine rings is 1. The molecule has 1 fully saturated rings. The summed E-state index contributed by atoms with van der Waals surface area (Å²) in [7, 11) is 0. The van der Waals surface area contributed by atoms with E-state index in [1.807, 2.05) is 6.92 Å². The maximum atomic E-state index is 11.3. The minimum Gasteiger partial charge on any atom is -0.477 e. The molecule has 1 aliphatic rings. The van der Waals surface area contributed by atoms with Crippen LogP contribution in [0.25, 0.3) is 0 Å². The fourth-order valence-corrected chi connectivity index (χ4v) is 2.43. The van der Waals surface area contributed by atoms with E-state index in [1.54, 1.807) is 12.1 Å². The van der Waals surface area contributed by atoms with Gasteiger partial charge in [-0.25, -0.2) is 0 Å². The largest absolute Gasteiger partial charge is 0.477 e. The van der Waals surface area contributed by atoms with Crippen molar-refractivity contribution in [3.63, 3.8) is 0 Å². The quantitative estimate of drug-likeness (QED) is 0.752. The van der Waals surface area contributed by atoms with Gasteiger partial charge in [0.2, 0.25) is 5.88 Å². The number of nitrogens with one attached hydrogen (secondary N) is 1. The number of hydrogen-bond acceptors (Lipinski definition) is 5. The van der Waals surface area contributed by atoms with Crippen LogP contribution in [-0.4, -0.2) is 29.6 Å². The fraction of sp³-hybridized carbons (Fsp3) is 0.571. The molecule has 1 aromatic heterocycles. The molecule has 0 bridgehead atoms. The zero-order valence-corrected chi connectivity index (χ0v) is 11.8. The third kappa shape index (κ3) is 3.60. The molecular weight excluding hydrogens is 256 g/mol. The molecule has 0 aromatic carbocycles. The summed E-state index contributed by atoms with van der Waals surface area (Å²) in [5, 5.41) is 3.37. The van der Waals surface area contributed by atoms with Crippen LogP contribution < -0.4 is 21.5 Å². The number of nitrogens with zero attached hydrogens (tertiary/aromatic N) is 1. The Bertz CT molecular complexity index is 470. The van der Waals surface area contributed by atoms with E-state index in [2.05, 4.69) is 10.3 Å². The van der Waals surface area contributed by atoms with Crippen LogP contribution >= 0.6 is 0 Å². The number of nitrogens with two attached hydrogens (primary N) is 2. The third-order valence-electron chi connectivity index (χ3n) is 3.53. The Labute approximate surface area is 118 Å². The first-order valence-electron chi connectivity index (χ1n) is 7.06. The van der Waals surface area contributed by atoms with E-state index in [-0.39, 0.29) is 5.88 Å². The number of hydrogen-bond donors (Lipinski definition) is 3. The fourth-order valence-electron chi connectivity index (χ4n) is 2.43. The molecule has 6 nitrogen and oxygen atoms in total. The van der Waals surface area contributed by atoms with Gasteiger partial charge in [0, 0.05) is 12.1 Å². The van der Waals surface area contributed by atoms with E-state index in [1.165, 1.54) is 0 Å². The van der Waals surface area contributed by atoms with Gasteiger partial charge < -0.3 is 21.5 Å². The second kappa shape index (κ2) is 6.56. The number of amides is 1. The lowest BCUT2D eigenvalue weighted by Crippen LogP contribution is -2.33. The first-order valence-corrected chi connectivity index (χ1v) is 7.06. The lowest BCUT2D eigenvalue weighted by atomic mass is 9.92. The zero-order valence-electron chi connectivity index (χ0n) is 11.8. The van der Waals surface area contributed by atoms with Gasteiger partial charge >= 0.3 is 0 Å². The molecule has 0 atom stereocenters. The van der Waals surface area contributed by atoms with Gasteiger partial charge in [0.1, 0.15) is 11.4 Å². The van der Waals surface area contributed by atoms with Crippen LogP contribution in [-0.2, 0) is 0 Å². The van der Waals surface area contributed by atoms with Gasteiger partial charge in [0.05, 0.1) is 6.61 Å². The normalized spacial score (nSPS) is 22.3. The van der Waals surface area contributed by atoms with E-state index in [0.717, 1.165) is 25.7 Å². The van der Waals surface area contributed by atoms with Gasteiger partial charge in [-0.05, 0) is 44.7 Å². The molecule has 2 rings (SSSR count). The Morgan fingerprint density at radius 2 is 2.10 bits per heavy atom. The highest BCUT2D eigenvalue weighted by molar-refractivity contribution is 5.95. The molecule has 1 saturated carbocycles. The predicted molar refractivity (Wildman–Crippen MR) is 77.8 cm³/mol. The van der Waals surface area contributed by atoms with Crippen molar-refractivity contribution in [2.24, 2.45) is 11.5 Å². The first-order chi connectivity index (χ1) is 9.60. The van der Waals surface area contributed by atoms with Crippen molar-refractivity contribution in [2.45, 2.75) is 44.7 Å². The number of anilines is 1. The first kappa shape index (κ1) is 14.6. The number of carbonyl (C=O) groups is 1. The van der Waals surface area contributed by atoms with E-state index in [9.17, 15) is 4.79 Å². The van der Waals surface area contributed by atoms with Crippen LogP contribution in [0, 0.1) is 0 Å². The molecule has 1 aliphatic carbocycles. The van der Waals surface area contributed by atoms with Gasteiger partial charge in [-0.3, -0.25) is 4.79 Å². The lowest BCUT2D eigenvalue weighted by Gasteiger charge is -2.27. The van der Waals surface area contributed by atoms with Crippen molar-refractivity contribution < 1.29 is 9.53 Å². The Morgan fingerprint density at radius 3 is 2.70 bits per heavy atom. The van der Waals surface area contributed by atoms with Crippen molar-refractivity contribution in [3.8, 4) is 5.88 Å². The zero-order chi connectivity index (χ0) is 14.5. The van der Waals surface area contributed by atoms with E-state index >= 15 is 0 Å². The lowest BCUT2D eigenvalue weighted by molar-refractivity contribution is 0.0996. The monoisotopic (exact) mass is 278 g/mol. The number of aromatic nitrogens is 1. The molecule has 1 aromatic rings. The number of carbonyl (C=O) groups excluding carboxylic acids is 1. The summed E-state index contributed by atoms with van der Waals surface area (Å²) in [6.07, 6.45) is 4.11. The summed E-state index contributed by atoms with van der Waals surface area (Å²) < 4.78 is 5.37. The maximum absolute atomic E-state index is 11.3. The topological polar surface area (TPSA) is 103 Å². The van der Waals surface area contributed by atoms with Gasteiger partial charge in [-0.15, -0.1) is 0 Å². The average Bonchev–Trinajstić information content (AvgIpc) is 2.42. The summed E-state index contributed by atoms with van der Waals surface area (Å²) in [6, 6.07) is 4.10. The van der Waals surface area contributed by atoms with Crippen molar-refractivity contribution in [1.82, 2.24) is 4.98 Å². The second-order valence-corrected chi connectivity index (χ2v) is 5.10. The summed E-state index contributed by atoms with van der Waals surface area (Å²) >= 11 is 0. The third-order valence-corrected chi connectivity index (χ3v) is 3.53. The molecule has 20 heavy (non-hydrogen) atoms. The predicted octanol–water partition coefficient (Wildman–Crippen LogP) is 1.26. The van der Waals surface area contributed by atoms with Crippen LogP contribution in [0.3, 0.4) is 0 Å². The van der Waals surface area contributed by atoms with Crippen LogP contribution in [0.2, 0.25) is 0 Å². The van der Waals surface area contributed by atoms with Gasteiger partial charge in [-0.1, -0.05) is 0 Å². The maximum Gasteiger partial charge on any atom is 0.254 e. The summed E-state index contributed by atoms with van der Waals surface area (Å²) in [5.74, 6) is 0.465. The van der Waals surface area contributed by atoms with Crippen molar-refractivity contribution in [1.29, 1.82) is 0 Å². The van der Waals surface area contributed by atoms with Crippen molar-refractivity contribution in [3.05, 3.63) is 17.7 Å². The van der Waals surface area contributed by atoms with Crippen LogP contribution in [0.1, 0.15) is 43.0 Å². The summed E-state index contributed by atoms with van der Waals surface area (Å²) in [6.45, 7) is 2.28. The van der Waals surface area contributed by atoms with Crippen LogP contribution in [0.15, 0.2) is 12.1 Å². The molecule has 0 saturated heterocycles. The molecule has 110 valence electrons. The van der Waals surface area contributed by atoms with E-state index in [0.29, 0.717) is 30.1 Å². The van der Waals surface area contributed by atoms with E-state index in [4.69, 9.17) is 16.2 Å². The molecule has 1 heterocycles. The second-order valence-electron chi connectivity index (χ2n) is 5.10. The molecule has 0 aliphatic heterocycles. The van der Waals surface area contributed by atoms with Crippen molar-refractivity contribution >= 4 is 11.7 Å². The molecule has 0 radical (unpaired) electrons. The van der Waals surface area contributed by atoms with Crippen LogP contribution in [0.5, 0.6) is 5.88 Å². The summed E-state index contributed by atoms with van der Waals surface area (Å²) in [5.41, 5.74) is 11.5. The van der Waals surface area contributed by atoms with Gasteiger partial charge in [0.25, 0.3) is 5.91 Å². The van der Waals surface area contributed by atoms with Gasteiger partial charge in [-0.2, -0.15) is 4.98 Å². The summed E-state index contributed by atoms with van der Waals surface area (Å²) in [4.78, 5) is 15.6. The smallest absolute Gasteiger partial charge is 0.254 e. The Hall–Kier alpha value is -1.82. The van der Waals surface area contributed by atoms with Crippen molar-refractivity contribution in [2.75, 3.05) is 11.9 Å². The Morgan fingerprint density at radius 1 is 1.40 bits per heavy atom. The SMILES string of the molecule is CCOc1nc(N[C@H]2CC[C@H](N)CC2)ccc1C(N)=O. The highest BCUT2D eigenvalue weighted by Crippen LogP contribution is 2.23. The Balaban J connectivity index is 2.08. The Kier molecular flexibility index (Phi) is 4.79. The number of ether oxygens (including phenoxy) is 1. The molecule has 5 N–H and O–H groups in total.